The first-order chi connectivity index (χ1) is 10.1. The van der Waals surface area contributed by atoms with Crippen molar-refractivity contribution in [3.05, 3.63) is 82.9 Å². The molecule has 104 valence electrons. The number of fused-ring (bicyclic) bond motifs is 4. The first kappa shape index (κ1) is 12.6. The molecule has 2 atom stereocenters. The van der Waals surface area contributed by atoms with Crippen LogP contribution in [0.4, 0.5) is 0 Å². The van der Waals surface area contributed by atoms with Crippen molar-refractivity contribution in [2.45, 2.75) is 26.2 Å². The number of hydrogen-bond donors (Lipinski definition) is 0. The standard InChI is InChI=1S/C21H20/c1-13-15(3)21(19-11-7-5-9-17(13)19)16(4)14(2)18-10-6-8-12-20(18)21/h5-12,15H,1H2,2-4H3. The summed E-state index contributed by atoms with van der Waals surface area (Å²) in [5.74, 6) is 0.411. The number of hydrogen-bond acceptors (Lipinski definition) is 0. The van der Waals surface area contributed by atoms with E-state index >= 15 is 0 Å². The van der Waals surface area contributed by atoms with Crippen molar-refractivity contribution >= 4 is 11.1 Å². The van der Waals surface area contributed by atoms with E-state index in [1.54, 1.807) is 0 Å². The zero-order chi connectivity index (χ0) is 14.8. The summed E-state index contributed by atoms with van der Waals surface area (Å²) in [6.07, 6.45) is 0. The zero-order valence-electron chi connectivity index (χ0n) is 12.9. The van der Waals surface area contributed by atoms with Crippen LogP contribution >= 0.6 is 0 Å². The Balaban J connectivity index is 2.16. The van der Waals surface area contributed by atoms with Crippen LogP contribution in [-0.4, -0.2) is 0 Å². The molecule has 0 aromatic heterocycles. The third kappa shape index (κ3) is 1.26. The fourth-order valence-corrected chi connectivity index (χ4v) is 4.59. The van der Waals surface area contributed by atoms with E-state index in [0.717, 1.165) is 0 Å². The van der Waals surface area contributed by atoms with Crippen LogP contribution in [0, 0.1) is 5.92 Å². The van der Waals surface area contributed by atoms with E-state index < -0.39 is 0 Å². The summed E-state index contributed by atoms with van der Waals surface area (Å²) in [5.41, 5.74) is 9.83. The predicted octanol–water partition coefficient (Wildman–Crippen LogP) is 5.44. The maximum absolute atomic E-state index is 4.41. The fraction of sp³-hybridized carbons (Fsp3) is 0.238. The molecule has 2 aliphatic rings. The molecule has 0 saturated heterocycles. The highest BCUT2D eigenvalue weighted by Gasteiger charge is 2.52. The average Bonchev–Trinajstić information content (AvgIpc) is 2.89. The Morgan fingerprint density at radius 2 is 1.38 bits per heavy atom. The maximum atomic E-state index is 4.41. The Labute approximate surface area is 126 Å². The van der Waals surface area contributed by atoms with E-state index in [4.69, 9.17) is 0 Å². The molecule has 4 rings (SSSR count). The van der Waals surface area contributed by atoms with Crippen LogP contribution in [-0.2, 0) is 5.41 Å². The predicted molar refractivity (Wildman–Crippen MR) is 90.1 cm³/mol. The maximum Gasteiger partial charge on any atom is 0.0492 e. The van der Waals surface area contributed by atoms with Gasteiger partial charge in [0.25, 0.3) is 0 Å². The molecular weight excluding hydrogens is 252 g/mol. The highest BCUT2D eigenvalue weighted by atomic mass is 14.5. The van der Waals surface area contributed by atoms with Gasteiger partial charge >= 0.3 is 0 Å². The van der Waals surface area contributed by atoms with Gasteiger partial charge in [0, 0.05) is 5.41 Å². The van der Waals surface area contributed by atoms with E-state index in [1.807, 2.05) is 0 Å². The van der Waals surface area contributed by atoms with Crippen molar-refractivity contribution in [2.24, 2.45) is 5.92 Å². The zero-order valence-corrected chi connectivity index (χ0v) is 12.9. The molecule has 21 heavy (non-hydrogen) atoms. The molecule has 2 aromatic carbocycles. The Bertz CT molecular complexity index is 806. The Hall–Kier alpha value is -2.08. The van der Waals surface area contributed by atoms with Gasteiger partial charge in [0.1, 0.15) is 0 Å². The molecule has 1 spiro atoms. The number of benzene rings is 2. The summed E-state index contributed by atoms with van der Waals surface area (Å²) in [5, 5.41) is 0. The van der Waals surface area contributed by atoms with Crippen molar-refractivity contribution < 1.29 is 0 Å². The van der Waals surface area contributed by atoms with Gasteiger partial charge in [-0.1, -0.05) is 67.6 Å². The van der Waals surface area contributed by atoms with Crippen LogP contribution in [0.1, 0.15) is 43.0 Å². The Morgan fingerprint density at radius 1 is 0.857 bits per heavy atom. The van der Waals surface area contributed by atoms with E-state index in [0.29, 0.717) is 5.92 Å². The lowest BCUT2D eigenvalue weighted by Crippen LogP contribution is -2.30. The lowest BCUT2D eigenvalue weighted by Gasteiger charge is -2.34. The van der Waals surface area contributed by atoms with Crippen molar-refractivity contribution in [3.63, 3.8) is 0 Å². The molecule has 0 N–H and O–H groups in total. The van der Waals surface area contributed by atoms with Crippen molar-refractivity contribution in [1.82, 2.24) is 0 Å². The van der Waals surface area contributed by atoms with Gasteiger partial charge in [-0.05, 0) is 53.2 Å². The minimum absolute atomic E-state index is 0.00560. The lowest BCUT2D eigenvalue weighted by atomic mass is 9.67. The first-order valence-corrected chi connectivity index (χ1v) is 7.66. The smallest absolute Gasteiger partial charge is 0.0492 e. The van der Waals surface area contributed by atoms with Crippen molar-refractivity contribution in [1.29, 1.82) is 0 Å². The van der Waals surface area contributed by atoms with Crippen molar-refractivity contribution in [3.8, 4) is 0 Å². The van der Waals surface area contributed by atoms with Crippen LogP contribution in [0.5, 0.6) is 0 Å². The van der Waals surface area contributed by atoms with E-state index in [-0.39, 0.29) is 5.41 Å². The molecule has 0 aliphatic heterocycles. The topological polar surface area (TPSA) is 0 Å². The van der Waals surface area contributed by atoms with Gasteiger partial charge in [-0.25, -0.2) is 0 Å². The minimum atomic E-state index is -0.00560. The summed E-state index contributed by atoms with van der Waals surface area (Å²) in [6, 6.07) is 17.7. The minimum Gasteiger partial charge on any atom is -0.0949 e. The SMILES string of the molecule is C=C1c2ccccc2C2(C(C)=C(C)c3ccccc32)C1C. The summed E-state index contributed by atoms with van der Waals surface area (Å²) < 4.78 is 0. The third-order valence-electron chi connectivity index (χ3n) is 5.78. The molecule has 2 aliphatic carbocycles. The molecule has 0 amide bonds. The second-order valence-electron chi connectivity index (χ2n) is 6.40. The third-order valence-corrected chi connectivity index (χ3v) is 5.78. The molecule has 0 radical (unpaired) electrons. The number of rotatable bonds is 0. The molecule has 0 fully saturated rings. The Morgan fingerprint density at radius 3 is 2.05 bits per heavy atom. The van der Waals surface area contributed by atoms with E-state index in [9.17, 15) is 0 Å². The molecule has 0 bridgehead atoms. The first-order valence-electron chi connectivity index (χ1n) is 7.66. The summed E-state index contributed by atoms with van der Waals surface area (Å²) in [6.45, 7) is 11.3. The monoisotopic (exact) mass is 272 g/mol. The van der Waals surface area contributed by atoms with Gasteiger partial charge in [0.15, 0.2) is 0 Å². The summed E-state index contributed by atoms with van der Waals surface area (Å²) >= 11 is 0. The Kier molecular flexibility index (Phi) is 2.39. The molecule has 0 heterocycles. The average molecular weight is 272 g/mol. The van der Waals surface area contributed by atoms with Gasteiger partial charge in [-0.2, -0.15) is 0 Å². The van der Waals surface area contributed by atoms with Crippen LogP contribution < -0.4 is 0 Å². The molecule has 0 heteroatoms. The second-order valence-corrected chi connectivity index (χ2v) is 6.40. The van der Waals surface area contributed by atoms with Crippen molar-refractivity contribution in [2.75, 3.05) is 0 Å². The van der Waals surface area contributed by atoms with Crippen LogP contribution in [0.15, 0.2) is 60.7 Å². The molecule has 2 unspecified atom stereocenters. The largest absolute Gasteiger partial charge is 0.0949 e. The van der Waals surface area contributed by atoms with Crippen LogP contribution in [0.2, 0.25) is 0 Å². The van der Waals surface area contributed by atoms with E-state index in [2.05, 4.69) is 75.9 Å². The highest BCUT2D eigenvalue weighted by Crippen LogP contribution is 2.61. The fourth-order valence-electron chi connectivity index (χ4n) is 4.59. The van der Waals surface area contributed by atoms with Crippen LogP contribution in [0.25, 0.3) is 11.1 Å². The van der Waals surface area contributed by atoms with Gasteiger partial charge < -0.3 is 0 Å². The van der Waals surface area contributed by atoms with Gasteiger partial charge in [0.2, 0.25) is 0 Å². The second kappa shape index (κ2) is 3.98. The van der Waals surface area contributed by atoms with E-state index in [1.165, 1.54) is 39.0 Å². The normalized spacial score (nSPS) is 26.4. The molecule has 0 saturated carbocycles. The van der Waals surface area contributed by atoms with Gasteiger partial charge in [-0.15, -0.1) is 0 Å². The highest BCUT2D eigenvalue weighted by molar-refractivity contribution is 5.89. The van der Waals surface area contributed by atoms with Crippen LogP contribution in [0.3, 0.4) is 0 Å². The molecule has 2 aromatic rings. The summed E-state index contributed by atoms with van der Waals surface area (Å²) in [4.78, 5) is 0. The number of allylic oxidation sites excluding steroid dienone is 3. The lowest BCUT2D eigenvalue weighted by molar-refractivity contribution is 0.517. The molecule has 0 nitrogen and oxygen atoms in total. The summed E-state index contributed by atoms with van der Waals surface area (Å²) in [7, 11) is 0. The van der Waals surface area contributed by atoms with Gasteiger partial charge in [-0.3, -0.25) is 0 Å². The quantitative estimate of drug-likeness (QED) is 0.599. The molecular formula is C21H20. The van der Waals surface area contributed by atoms with Gasteiger partial charge in [0.05, 0.1) is 0 Å².